The molecule has 3 amide bonds. The molecule has 0 heterocycles. The summed E-state index contributed by atoms with van der Waals surface area (Å²) >= 11 is 5.40. The summed E-state index contributed by atoms with van der Waals surface area (Å²) in [6.07, 6.45) is 7.57. The molecule has 4 nitrogen and oxygen atoms in total. The lowest BCUT2D eigenvalue weighted by molar-refractivity contribution is -0.119. The number of alkyl halides is 1. The van der Waals surface area contributed by atoms with Crippen molar-refractivity contribution in [1.82, 2.24) is 10.2 Å². The third-order valence-electron chi connectivity index (χ3n) is 2.31. The first kappa shape index (κ1) is 12.9. The van der Waals surface area contributed by atoms with E-state index in [4.69, 9.17) is 18.0 Å². The highest BCUT2D eigenvalue weighted by molar-refractivity contribution is 6.19. The normalized spacial score (nSPS) is 14.0. The Hall–Kier alpha value is -1.21. The van der Waals surface area contributed by atoms with Crippen LogP contribution in [-0.4, -0.2) is 35.8 Å². The van der Waals surface area contributed by atoms with E-state index in [1.165, 1.54) is 4.90 Å². The number of terminal acetylenes is 1. The van der Waals surface area contributed by atoms with Crippen molar-refractivity contribution < 1.29 is 9.59 Å². The molecule has 1 fully saturated rings. The Kier molecular flexibility index (Phi) is 5.13. The molecule has 5 heteroatoms. The van der Waals surface area contributed by atoms with Gasteiger partial charge in [0.05, 0.1) is 6.54 Å². The zero-order chi connectivity index (χ0) is 12.0. The molecule has 1 rings (SSSR count). The van der Waals surface area contributed by atoms with Crippen molar-refractivity contribution in [2.45, 2.75) is 19.3 Å². The summed E-state index contributed by atoms with van der Waals surface area (Å²) in [7, 11) is 0. The van der Waals surface area contributed by atoms with E-state index in [1.807, 2.05) is 0 Å². The van der Waals surface area contributed by atoms with Crippen molar-refractivity contribution in [2.75, 3.05) is 19.0 Å². The molecule has 1 aliphatic rings. The predicted octanol–water partition coefficient (Wildman–Crippen LogP) is 1.20. The van der Waals surface area contributed by atoms with Gasteiger partial charge in [-0.05, 0) is 18.8 Å². The molecular formula is C11H15ClN2O2. The van der Waals surface area contributed by atoms with E-state index in [-0.39, 0.29) is 24.8 Å². The molecule has 0 unspecified atom stereocenters. The quantitative estimate of drug-likeness (QED) is 0.582. The smallest absolute Gasteiger partial charge is 0.313 e. The largest absolute Gasteiger partial charge is 0.324 e. The summed E-state index contributed by atoms with van der Waals surface area (Å²) in [5.41, 5.74) is 0. The minimum absolute atomic E-state index is 0.140. The van der Waals surface area contributed by atoms with Crippen LogP contribution in [0.1, 0.15) is 19.3 Å². The van der Waals surface area contributed by atoms with Gasteiger partial charge in [0, 0.05) is 18.8 Å². The second kappa shape index (κ2) is 6.39. The second-order valence-electron chi connectivity index (χ2n) is 3.82. The Morgan fingerprint density at radius 2 is 2.19 bits per heavy atom. The molecule has 0 aromatic heterocycles. The highest BCUT2D eigenvalue weighted by Gasteiger charge is 2.26. The number of nitrogens with zero attached hydrogens (tertiary/aromatic N) is 1. The van der Waals surface area contributed by atoms with Crippen molar-refractivity contribution in [3.05, 3.63) is 0 Å². The summed E-state index contributed by atoms with van der Waals surface area (Å²) in [4.78, 5) is 24.3. The van der Waals surface area contributed by atoms with Crippen LogP contribution >= 0.6 is 11.6 Å². The van der Waals surface area contributed by atoms with Crippen molar-refractivity contribution in [3.63, 3.8) is 0 Å². The summed E-state index contributed by atoms with van der Waals surface area (Å²) in [6, 6.07) is -0.417. The number of nitrogens with one attached hydrogen (secondary N) is 1. The van der Waals surface area contributed by atoms with Crippen LogP contribution in [0.15, 0.2) is 0 Å². The fourth-order valence-corrected chi connectivity index (χ4v) is 1.46. The molecular weight excluding hydrogens is 228 g/mol. The standard InChI is InChI=1S/C11H15ClN2O2/c1-2-7-14(8-9-3-4-9)11(16)13-10(15)5-6-12/h1,9H,3-8H2,(H,13,15,16). The van der Waals surface area contributed by atoms with Crippen LogP contribution in [0.5, 0.6) is 0 Å². The summed E-state index contributed by atoms with van der Waals surface area (Å²) in [5.74, 6) is 2.80. The van der Waals surface area contributed by atoms with Gasteiger partial charge in [-0.2, -0.15) is 0 Å². The van der Waals surface area contributed by atoms with Crippen LogP contribution in [0.2, 0.25) is 0 Å². The van der Waals surface area contributed by atoms with Crippen molar-refractivity contribution in [1.29, 1.82) is 0 Å². The molecule has 0 spiro atoms. The van der Waals surface area contributed by atoms with E-state index in [0.29, 0.717) is 12.5 Å². The molecule has 0 aromatic rings. The van der Waals surface area contributed by atoms with Gasteiger partial charge in [-0.25, -0.2) is 4.79 Å². The lowest BCUT2D eigenvalue weighted by Gasteiger charge is -2.19. The first-order valence-corrected chi connectivity index (χ1v) is 5.79. The average Bonchev–Trinajstić information content (AvgIpc) is 3.01. The van der Waals surface area contributed by atoms with Gasteiger partial charge in [-0.15, -0.1) is 18.0 Å². The third kappa shape index (κ3) is 4.54. The number of hydrogen-bond acceptors (Lipinski definition) is 2. The van der Waals surface area contributed by atoms with Gasteiger partial charge >= 0.3 is 6.03 Å². The molecule has 1 aliphatic carbocycles. The van der Waals surface area contributed by atoms with Gasteiger partial charge in [0.1, 0.15) is 0 Å². The monoisotopic (exact) mass is 242 g/mol. The molecule has 0 bridgehead atoms. The topological polar surface area (TPSA) is 49.4 Å². The Labute approximate surface area is 100 Å². The first-order valence-electron chi connectivity index (χ1n) is 5.25. The molecule has 0 saturated heterocycles. The minimum atomic E-state index is -0.417. The van der Waals surface area contributed by atoms with E-state index >= 15 is 0 Å². The Balaban J connectivity index is 2.39. The Bertz CT molecular complexity index is 308. The Morgan fingerprint density at radius 3 is 2.69 bits per heavy atom. The predicted molar refractivity (Wildman–Crippen MR) is 62.0 cm³/mol. The van der Waals surface area contributed by atoms with Crippen molar-refractivity contribution >= 4 is 23.5 Å². The molecule has 88 valence electrons. The van der Waals surface area contributed by atoms with Crippen LogP contribution in [-0.2, 0) is 4.79 Å². The van der Waals surface area contributed by atoms with Crippen LogP contribution < -0.4 is 5.32 Å². The lowest BCUT2D eigenvalue weighted by Crippen LogP contribution is -2.44. The van der Waals surface area contributed by atoms with Gasteiger partial charge in [-0.1, -0.05) is 5.92 Å². The maximum Gasteiger partial charge on any atom is 0.324 e. The number of rotatable bonds is 5. The molecule has 0 aliphatic heterocycles. The highest BCUT2D eigenvalue weighted by atomic mass is 35.5. The van der Waals surface area contributed by atoms with Gasteiger partial charge in [0.15, 0.2) is 0 Å². The first-order chi connectivity index (χ1) is 7.67. The molecule has 16 heavy (non-hydrogen) atoms. The van der Waals surface area contributed by atoms with Crippen LogP contribution in [0.25, 0.3) is 0 Å². The molecule has 0 aromatic carbocycles. The van der Waals surface area contributed by atoms with Gasteiger partial charge in [-0.3, -0.25) is 10.1 Å². The highest BCUT2D eigenvalue weighted by Crippen LogP contribution is 2.29. The summed E-state index contributed by atoms with van der Waals surface area (Å²) in [6.45, 7) is 0.862. The van der Waals surface area contributed by atoms with E-state index in [1.54, 1.807) is 0 Å². The number of amides is 3. The third-order valence-corrected chi connectivity index (χ3v) is 2.50. The molecule has 0 radical (unpaired) electrons. The van der Waals surface area contributed by atoms with Crippen LogP contribution in [0.4, 0.5) is 4.79 Å². The SMILES string of the molecule is C#CCN(CC1CC1)C(=O)NC(=O)CCCl. The van der Waals surface area contributed by atoms with Gasteiger partial charge in [0.25, 0.3) is 0 Å². The lowest BCUT2D eigenvalue weighted by atomic mass is 10.3. The number of imide groups is 1. The van der Waals surface area contributed by atoms with E-state index in [9.17, 15) is 9.59 Å². The maximum atomic E-state index is 11.6. The van der Waals surface area contributed by atoms with Crippen LogP contribution in [0.3, 0.4) is 0 Å². The van der Waals surface area contributed by atoms with Crippen molar-refractivity contribution in [3.8, 4) is 12.3 Å². The average molecular weight is 243 g/mol. The summed E-state index contributed by atoms with van der Waals surface area (Å²) < 4.78 is 0. The van der Waals surface area contributed by atoms with Crippen LogP contribution in [0, 0.1) is 18.3 Å². The van der Waals surface area contributed by atoms with E-state index in [2.05, 4.69) is 11.2 Å². The zero-order valence-corrected chi connectivity index (χ0v) is 9.79. The number of carbonyl (C=O) groups is 2. The number of urea groups is 1. The molecule has 0 atom stereocenters. The molecule has 1 saturated carbocycles. The van der Waals surface area contributed by atoms with E-state index < -0.39 is 6.03 Å². The van der Waals surface area contributed by atoms with Gasteiger partial charge < -0.3 is 4.90 Å². The fraction of sp³-hybridized carbons (Fsp3) is 0.636. The number of hydrogen-bond donors (Lipinski definition) is 1. The minimum Gasteiger partial charge on any atom is -0.313 e. The maximum absolute atomic E-state index is 11.6. The van der Waals surface area contributed by atoms with Crippen molar-refractivity contribution in [2.24, 2.45) is 5.92 Å². The van der Waals surface area contributed by atoms with E-state index in [0.717, 1.165) is 12.8 Å². The number of halogens is 1. The Morgan fingerprint density at radius 1 is 1.50 bits per heavy atom. The second-order valence-corrected chi connectivity index (χ2v) is 4.20. The zero-order valence-electron chi connectivity index (χ0n) is 9.04. The fourth-order valence-electron chi connectivity index (χ4n) is 1.29. The number of carbonyl (C=O) groups excluding carboxylic acids is 2. The molecule has 1 N–H and O–H groups in total. The van der Waals surface area contributed by atoms with Gasteiger partial charge in [0.2, 0.25) is 5.91 Å². The summed E-state index contributed by atoms with van der Waals surface area (Å²) in [5, 5.41) is 2.27.